The summed E-state index contributed by atoms with van der Waals surface area (Å²) in [5, 5.41) is 4.81. The second kappa shape index (κ2) is 10.4. The molecule has 1 aliphatic heterocycles. The lowest BCUT2D eigenvalue weighted by molar-refractivity contribution is -0.199. The molecular weight excluding hydrogens is 479 g/mol. The van der Waals surface area contributed by atoms with Gasteiger partial charge in [0.15, 0.2) is 0 Å². The lowest BCUT2D eigenvalue weighted by Crippen LogP contribution is -2.65. The number of hydrogen-bond donors (Lipinski definition) is 2. The summed E-state index contributed by atoms with van der Waals surface area (Å²) in [6.07, 6.45) is 2.05. The highest BCUT2D eigenvalue weighted by Gasteiger charge is 2.68. The lowest BCUT2D eigenvalue weighted by atomic mass is 9.43. The van der Waals surface area contributed by atoms with E-state index < -0.39 is 78.6 Å². The molecule has 4 fully saturated rings. The van der Waals surface area contributed by atoms with Crippen molar-refractivity contribution in [3.8, 4) is 0 Å². The molecule has 6 rings (SSSR count). The van der Waals surface area contributed by atoms with Gasteiger partial charge in [0, 0.05) is 21.5 Å². The maximum absolute atomic E-state index is 14.3. The van der Waals surface area contributed by atoms with Crippen molar-refractivity contribution in [3.63, 3.8) is 0 Å². The van der Waals surface area contributed by atoms with Gasteiger partial charge in [-0.1, -0.05) is 57.9 Å². The van der Waals surface area contributed by atoms with Crippen LogP contribution < -0.4 is 10.6 Å². The Morgan fingerprint density at radius 1 is 1.21 bits per heavy atom. The Hall–Kier alpha value is -2.78. The van der Waals surface area contributed by atoms with Crippen LogP contribution in [-0.2, 0) is 20.5 Å². The minimum absolute atomic E-state index is 0.00911. The lowest BCUT2D eigenvalue weighted by Gasteiger charge is -2.64. The van der Waals surface area contributed by atoms with Crippen molar-refractivity contribution in [2.24, 2.45) is 23.2 Å². The van der Waals surface area contributed by atoms with Crippen molar-refractivity contribution < 1.29 is 29.9 Å². The van der Waals surface area contributed by atoms with Crippen LogP contribution in [0.4, 0.5) is 0 Å². The second-order valence-electron chi connectivity index (χ2n) is 11.6. The normalized spacial score (nSPS) is 32.9. The highest BCUT2D eigenvalue weighted by atomic mass is 16.7. The molecule has 2 heterocycles. The summed E-state index contributed by atoms with van der Waals surface area (Å²) >= 11 is 0. The number of rotatable bonds is 9. The van der Waals surface area contributed by atoms with Crippen molar-refractivity contribution >= 4 is 18.9 Å². The summed E-state index contributed by atoms with van der Waals surface area (Å²) in [6, 6.07) is -7.66. The van der Waals surface area contributed by atoms with Crippen molar-refractivity contribution in [1.29, 1.82) is 0 Å². The fourth-order valence-corrected chi connectivity index (χ4v) is 6.23. The molecule has 8 nitrogen and oxygen atoms in total. The molecule has 1 aromatic heterocycles. The van der Waals surface area contributed by atoms with E-state index in [-0.39, 0.29) is 29.0 Å². The van der Waals surface area contributed by atoms with Crippen LogP contribution in [0.2, 0.25) is 0 Å². The fourth-order valence-electron chi connectivity index (χ4n) is 6.23. The number of nitrogens with one attached hydrogen (secondary N) is 2. The first-order valence-electron chi connectivity index (χ1n) is 17.1. The molecule has 4 aliphatic rings. The van der Waals surface area contributed by atoms with Gasteiger partial charge in [-0.25, -0.2) is 4.98 Å². The van der Waals surface area contributed by atoms with Crippen LogP contribution in [0.1, 0.15) is 80.9 Å². The average Bonchev–Trinajstić information content (AvgIpc) is 3.35. The first kappa shape index (κ1) is 18.5. The van der Waals surface area contributed by atoms with E-state index in [1.54, 1.807) is 0 Å². The van der Waals surface area contributed by atoms with Crippen molar-refractivity contribution in [3.05, 3.63) is 60.1 Å². The minimum Gasteiger partial charge on any atom is -0.404 e. The van der Waals surface area contributed by atoms with E-state index in [0.29, 0.717) is 12.3 Å². The van der Waals surface area contributed by atoms with E-state index in [0.717, 1.165) is 19.0 Å². The summed E-state index contributed by atoms with van der Waals surface area (Å²) < 4.78 is 81.2. The third-order valence-electron chi connectivity index (χ3n) is 8.35. The van der Waals surface area contributed by atoms with Gasteiger partial charge in [-0.15, -0.1) is 0 Å². The van der Waals surface area contributed by atoms with Gasteiger partial charge in [0.05, 0.1) is 32.1 Å². The van der Waals surface area contributed by atoms with Crippen LogP contribution in [-0.4, -0.2) is 52.6 Å². The summed E-state index contributed by atoms with van der Waals surface area (Å²) in [5.74, 6) is -2.66. The molecule has 9 heteroatoms. The first-order valence-corrected chi connectivity index (χ1v) is 13.1. The van der Waals surface area contributed by atoms with Gasteiger partial charge in [0.25, 0.3) is 5.91 Å². The number of aromatic nitrogens is 2. The van der Waals surface area contributed by atoms with Crippen LogP contribution in [0.3, 0.4) is 0 Å². The molecule has 3 saturated carbocycles. The van der Waals surface area contributed by atoms with E-state index in [9.17, 15) is 11.0 Å². The maximum Gasteiger partial charge on any atom is 0.481 e. The number of nitrogens with zero attached hydrogens (tertiary/aromatic N) is 2. The summed E-state index contributed by atoms with van der Waals surface area (Å²) in [6.45, 7) is 10.3. The third-order valence-corrected chi connectivity index (χ3v) is 8.35. The first-order chi connectivity index (χ1) is 21.3. The molecule has 2 bridgehead atoms. The molecule has 202 valence electrons. The van der Waals surface area contributed by atoms with Crippen LogP contribution in [0.25, 0.3) is 0 Å². The zero-order chi connectivity index (χ0) is 34.1. The van der Waals surface area contributed by atoms with Gasteiger partial charge >= 0.3 is 7.12 Å². The van der Waals surface area contributed by atoms with Gasteiger partial charge in [0.1, 0.15) is 11.7 Å². The van der Waals surface area contributed by atoms with Gasteiger partial charge < -0.3 is 19.9 Å². The van der Waals surface area contributed by atoms with Gasteiger partial charge in [0.2, 0.25) is 5.91 Å². The Morgan fingerprint density at radius 3 is 2.63 bits per heavy atom. The second-order valence-corrected chi connectivity index (χ2v) is 11.6. The minimum atomic E-state index is -3.37. The smallest absolute Gasteiger partial charge is 0.404 e. The molecule has 2 N–H and O–H groups in total. The SMILES string of the molecule is [2H]c1c([2H])c([2H])c(C([2H])([2H])C([2H])(NC(=O)c2cnccn2)C(=O)N[C@@H](CC(C)C)B2OC3C[C@@H]4C[C@H](C4(C)C)[C@]3(C)O2)c([2H])c1[2H]. The molecule has 38 heavy (non-hydrogen) atoms. The van der Waals surface area contributed by atoms with E-state index in [4.69, 9.17) is 18.9 Å². The van der Waals surface area contributed by atoms with Crippen LogP contribution in [0.15, 0.2) is 48.8 Å². The Balaban J connectivity index is 1.54. The summed E-state index contributed by atoms with van der Waals surface area (Å²) in [7, 11) is -0.942. The molecule has 0 radical (unpaired) electrons. The highest BCUT2D eigenvalue weighted by Crippen LogP contribution is 2.65. The summed E-state index contributed by atoms with van der Waals surface area (Å²) in [4.78, 5) is 35.3. The number of carbonyl (C=O) groups excluding carboxylic acids is 2. The number of carbonyl (C=O) groups is 2. The predicted octanol–water partition coefficient (Wildman–Crippen LogP) is 3.62. The molecule has 6 atom stereocenters. The third kappa shape index (κ3) is 5.10. The topological polar surface area (TPSA) is 102 Å². The quantitative estimate of drug-likeness (QED) is 0.484. The van der Waals surface area contributed by atoms with Gasteiger partial charge in [-0.3, -0.25) is 14.6 Å². The van der Waals surface area contributed by atoms with Crippen LogP contribution in [0.5, 0.6) is 0 Å². The Kier molecular flexibility index (Phi) is 5.07. The molecule has 2 aromatic rings. The Morgan fingerprint density at radius 2 is 1.97 bits per heavy atom. The zero-order valence-electron chi connectivity index (χ0n) is 30.3. The maximum atomic E-state index is 14.3. The molecular formula is C29H39BN4O4. The van der Waals surface area contributed by atoms with E-state index in [2.05, 4.69) is 34.4 Å². The molecule has 1 saturated heterocycles. The Labute approximate surface area is 237 Å². The van der Waals surface area contributed by atoms with Crippen LogP contribution in [0, 0.1) is 23.2 Å². The number of hydrogen-bond acceptors (Lipinski definition) is 6. The van der Waals surface area contributed by atoms with E-state index in [1.807, 2.05) is 20.8 Å². The van der Waals surface area contributed by atoms with Gasteiger partial charge in [-0.2, -0.15) is 0 Å². The number of amides is 2. The van der Waals surface area contributed by atoms with Gasteiger partial charge in [-0.05, 0) is 54.9 Å². The molecule has 2 unspecified atom stereocenters. The van der Waals surface area contributed by atoms with E-state index in [1.165, 1.54) is 12.4 Å². The highest BCUT2D eigenvalue weighted by molar-refractivity contribution is 6.48. The average molecular weight is 527 g/mol. The largest absolute Gasteiger partial charge is 0.481 e. The molecule has 1 aromatic carbocycles. The van der Waals surface area contributed by atoms with Crippen molar-refractivity contribution in [1.82, 2.24) is 20.6 Å². The van der Waals surface area contributed by atoms with Crippen LogP contribution >= 0.6 is 0 Å². The monoisotopic (exact) mass is 526 g/mol. The molecule has 3 aliphatic carbocycles. The fraction of sp³-hybridized carbons (Fsp3) is 0.586. The summed E-state index contributed by atoms with van der Waals surface area (Å²) in [5.41, 5.74) is -1.86. The molecule has 0 spiro atoms. The molecule has 2 amide bonds. The standard InChI is InChI=1S/C29H39BN4O4/c1-18(2)13-25(30-37-24-16-20-15-23(28(20,3)4)29(24,5)38-30)34-26(35)21(14-19-9-7-6-8-10-19)33-27(36)22-17-31-11-12-32-22/h6-12,17-18,20-21,23-25H,13-16H2,1-5H3,(H,33,36)(H,34,35)/t20-,21?,23+,24?,25-,29-/m0/s1/i6D,7D,8D,9D,10D,14D2,21D. The van der Waals surface area contributed by atoms with Crippen molar-refractivity contribution in [2.75, 3.05) is 0 Å². The number of benzene rings is 1. The zero-order valence-corrected chi connectivity index (χ0v) is 22.3. The van der Waals surface area contributed by atoms with Crippen molar-refractivity contribution in [2.45, 2.75) is 83.9 Å². The Bertz CT molecular complexity index is 1520. The van der Waals surface area contributed by atoms with E-state index >= 15 is 0 Å². The predicted molar refractivity (Wildman–Crippen MR) is 145 cm³/mol.